The van der Waals surface area contributed by atoms with Crippen LogP contribution in [0.3, 0.4) is 0 Å². The van der Waals surface area contributed by atoms with Gasteiger partial charge in [0.1, 0.15) is 5.84 Å². The van der Waals surface area contributed by atoms with Gasteiger partial charge in [-0.05, 0) is 13.0 Å². The van der Waals surface area contributed by atoms with Gasteiger partial charge < -0.3 is 9.88 Å². The maximum absolute atomic E-state index is 12.5. The molecule has 0 amide bonds. The average Bonchev–Trinajstić information content (AvgIpc) is 3.07. The van der Waals surface area contributed by atoms with Gasteiger partial charge in [0.25, 0.3) is 0 Å². The van der Waals surface area contributed by atoms with Crippen molar-refractivity contribution in [3.63, 3.8) is 0 Å². The molecule has 1 aromatic heterocycles. The Morgan fingerprint density at radius 1 is 1.41 bits per heavy atom. The molecule has 2 heterocycles. The predicted octanol–water partition coefficient (Wildman–Crippen LogP) is 2.40. The molecule has 118 valence electrons. The van der Waals surface area contributed by atoms with Gasteiger partial charge in [0.15, 0.2) is 9.84 Å². The summed E-state index contributed by atoms with van der Waals surface area (Å²) in [6.45, 7) is 5.56. The number of amidine groups is 1. The molecule has 0 unspecified atom stereocenters. The topological polar surface area (TPSA) is 63.5 Å². The van der Waals surface area contributed by atoms with Gasteiger partial charge in [-0.1, -0.05) is 30.7 Å². The zero-order valence-electron chi connectivity index (χ0n) is 12.6. The predicted molar refractivity (Wildman–Crippen MR) is 89.7 cm³/mol. The van der Waals surface area contributed by atoms with Gasteiger partial charge in [-0.3, -0.25) is 4.99 Å². The van der Waals surface area contributed by atoms with E-state index in [9.17, 15) is 8.42 Å². The van der Waals surface area contributed by atoms with Crippen molar-refractivity contribution >= 4 is 38.2 Å². The molecule has 1 aliphatic heterocycles. The second-order valence-electron chi connectivity index (χ2n) is 5.30. The van der Waals surface area contributed by atoms with Crippen LogP contribution in [0.4, 0.5) is 0 Å². The van der Waals surface area contributed by atoms with Crippen molar-refractivity contribution in [1.29, 1.82) is 0 Å². The smallest absolute Gasteiger partial charge is 0.180 e. The average molecular weight is 340 g/mol. The number of nitrogens with zero attached hydrogens (tertiary/aromatic N) is 2. The van der Waals surface area contributed by atoms with Crippen molar-refractivity contribution in [2.75, 3.05) is 18.8 Å². The lowest BCUT2D eigenvalue weighted by atomic mass is 10.2. The fourth-order valence-corrected chi connectivity index (χ4v) is 4.52. The summed E-state index contributed by atoms with van der Waals surface area (Å²) in [5, 5.41) is 4.45. The molecule has 0 fully saturated rings. The van der Waals surface area contributed by atoms with Gasteiger partial charge in [0, 0.05) is 17.6 Å². The van der Waals surface area contributed by atoms with Crippen molar-refractivity contribution in [3.05, 3.63) is 28.9 Å². The molecule has 0 saturated carbocycles. The normalized spacial score (nSPS) is 15.1. The number of benzene rings is 1. The van der Waals surface area contributed by atoms with Crippen LogP contribution in [0.25, 0.3) is 10.9 Å². The molecule has 5 nitrogen and oxygen atoms in total. The van der Waals surface area contributed by atoms with Crippen LogP contribution >= 0.6 is 11.6 Å². The van der Waals surface area contributed by atoms with E-state index < -0.39 is 9.84 Å². The SMILES string of the molecule is CCS(=O)(=O)c1c(C)n(CC2=NCCN2)c2c(Cl)cccc12. The van der Waals surface area contributed by atoms with Crippen LogP contribution in [0, 0.1) is 6.92 Å². The molecule has 3 rings (SSSR count). The van der Waals surface area contributed by atoms with Crippen LogP contribution in [0.5, 0.6) is 0 Å². The van der Waals surface area contributed by atoms with E-state index >= 15 is 0 Å². The van der Waals surface area contributed by atoms with Crippen LogP contribution in [-0.4, -0.2) is 37.7 Å². The van der Waals surface area contributed by atoms with Crippen molar-refractivity contribution in [2.45, 2.75) is 25.3 Å². The van der Waals surface area contributed by atoms with Crippen LogP contribution in [0.2, 0.25) is 5.02 Å². The van der Waals surface area contributed by atoms with E-state index in [1.807, 2.05) is 17.6 Å². The molecule has 7 heteroatoms. The van der Waals surface area contributed by atoms with Crippen LogP contribution < -0.4 is 5.32 Å². The zero-order chi connectivity index (χ0) is 15.9. The van der Waals surface area contributed by atoms with E-state index in [1.54, 1.807) is 19.1 Å². The minimum Gasteiger partial charge on any atom is -0.370 e. The fraction of sp³-hybridized carbons (Fsp3) is 0.400. The summed E-state index contributed by atoms with van der Waals surface area (Å²) in [5.41, 5.74) is 1.46. The number of para-hydroxylation sites is 1. The van der Waals surface area contributed by atoms with Crippen molar-refractivity contribution < 1.29 is 8.42 Å². The first kappa shape index (κ1) is 15.4. The van der Waals surface area contributed by atoms with Crippen molar-refractivity contribution in [2.24, 2.45) is 4.99 Å². The van der Waals surface area contributed by atoms with Crippen LogP contribution in [0.15, 0.2) is 28.1 Å². The highest BCUT2D eigenvalue weighted by Crippen LogP contribution is 2.34. The summed E-state index contributed by atoms with van der Waals surface area (Å²) in [7, 11) is -3.32. The Labute approximate surface area is 134 Å². The summed E-state index contributed by atoms with van der Waals surface area (Å²) in [4.78, 5) is 4.77. The summed E-state index contributed by atoms with van der Waals surface area (Å²) in [6.07, 6.45) is 0. The van der Waals surface area contributed by atoms with Gasteiger partial charge in [-0.2, -0.15) is 0 Å². The van der Waals surface area contributed by atoms with Gasteiger partial charge >= 0.3 is 0 Å². The highest BCUT2D eigenvalue weighted by atomic mass is 35.5. The third-order valence-electron chi connectivity index (χ3n) is 3.98. The molecule has 0 atom stereocenters. The standard InChI is InChI=1S/C15H18ClN3O2S/c1-3-22(20,21)15-10(2)19(9-13-17-7-8-18-13)14-11(15)5-4-6-12(14)16/h4-6H,3,7-9H2,1-2H3,(H,17,18). The monoisotopic (exact) mass is 339 g/mol. The molecule has 1 aliphatic rings. The minimum absolute atomic E-state index is 0.0681. The third kappa shape index (κ3) is 2.40. The molecule has 1 aromatic carbocycles. The van der Waals surface area contributed by atoms with Crippen LogP contribution in [-0.2, 0) is 16.4 Å². The zero-order valence-corrected chi connectivity index (χ0v) is 14.1. The lowest BCUT2D eigenvalue weighted by Gasteiger charge is -2.10. The number of rotatable bonds is 4. The molecular weight excluding hydrogens is 322 g/mol. The summed E-state index contributed by atoms with van der Waals surface area (Å²) < 4.78 is 26.9. The molecule has 2 aromatic rings. The molecule has 0 radical (unpaired) electrons. The Hall–Kier alpha value is -1.53. The van der Waals surface area contributed by atoms with Crippen molar-refractivity contribution in [1.82, 2.24) is 9.88 Å². The van der Waals surface area contributed by atoms with E-state index in [-0.39, 0.29) is 5.75 Å². The highest BCUT2D eigenvalue weighted by molar-refractivity contribution is 7.91. The number of fused-ring (bicyclic) bond motifs is 1. The van der Waals surface area contributed by atoms with Crippen molar-refractivity contribution in [3.8, 4) is 0 Å². The van der Waals surface area contributed by atoms with E-state index in [2.05, 4.69) is 10.3 Å². The first-order valence-corrected chi connectivity index (χ1v) is 9.26. The van der Waals surface area contributed by atoms with E-state index in [0.717, 1.165) is 24.4 Å². The Morgan fingerprint density at radius 3 is 2.82 bits per heavy atom. The van der Waals surface area contributed by atoms with Gasteiger partial charge in [0.2, 0.25) is 0 Å². The number of hydrogen-bond acceptors (Lipinski definition) is 4. The maximum atomic E-state index is 12.5. The number of halogens is 1. The summed E-state index contributed by atoms with van der Waals surface area (Å²) >= 11 is 6.35. The Morgan fingerprint density at radius 2 is 2.18 bits per heavy atom. The first-order valence-electron chi connectivity index (χ1n) is 7.23. The van der Waals surface area contributed by atoms with Gasteiger partial charge in [-0.15, -0.1) is 0 Å². The molecule has 1 N–H and O–H groups in total. The number of sulfone groups is 1. The van der Waals surface area contributed by atoms with Gasteiger partial charge in [0.05, 0.1) is 34.3 Å². The lowest BCUT2D eigenvalue weighted by molar-refractivity contribution is 0.596. The van der Waals surface area contributed by atoms with Crippen LogP contribution in [0.1, 0.15) is 12.6 Å². The lowest BCUT2D eigenvalue weighted by Crippen LogP contribution is -2.24. The van der Waals surface area contributed by atoms with E-state index in [4.69, 9.17) is 11.6 Å². The number of aliphatic imine (C=N–C) groups is 1. The Kier molecular flexibility index (Phi) is 3.91. The van der Waals surface area contributed by atoms with E-state index in [1.165, 1.54) is 0 Å². The highest BCUT2D eigenvalue weighted by Gasteiger charge is 2.25. The quantitative estimate of drug-likeness (QED) is 0.930. The Balaban J connectivity index is 2.29. The number of aromatic nitrogens is 1. The minimum atomic E-state index is -3.32. The third-order valence-corrected chi connectivity index (χ3v) is 6.18. The number of hydrogen-bond donors (Lipinski definition) is 1. The molecular formula is C15H18ClN3O2S. The largest absolute Gasteiger partial charge is 0.370 e. The second-order valence-corrected chi connectivity index (χ2v) is 7.92. The second kappa shape index (κ2) is 5.59. The first-order chi connectivity index (χ1) is 10.5. The fourth-order valence-electron chi connectivity index (χ4n) is 2.90. The molecule has 0 spiro atoms. The van der Waals surface area contributed by atoms with Gasteiger partial charge in [-0.25, -0.2) is 8.42 Å². The number of nitrogens with one attached hydrogen (secondary N) is 1. The molecule has 22 heavy (non-hydrogen) atoms. The molecule has 0 bridgehead atoms. The maximum Gasteiger partial charge on any atom is 0.180 e. The van der Waals surface area contributed by atoms with E-state index in [0.29, 0.717) is 27.5 Å². The molecule has 0 aliphatic carbocycles. The summed E-state index contributed by atoms with van der Waals surface area (Å²) in [5.74, 6) is 0.930. The Bertz CT molecular complexity index is 869. The summed E-state index contributed by atoms with van der Waals surface area (Å²) in [6, 6.07) is 5.39. The molecule has 0 saturated heterocycles.